The number of nitrogens with zero attached hydrogens (tertiary/aromatic N) is 2. The van der Waals surface area contributed by atoms with Crippen molar-refractivity contribution in [2.45, 2.75) is 64.3 Å². The highest BCUT2D eigenvalue weighted by atomic mass is 32.1. The van der Waals surface area contributed by atoms with E-state index >= 15 is 0 Å². The third kappa shape index (κ3) is 5.77. The van der Waals surface area contributed by atoms with E-state index in [9.17, 15) is 9.59 Å². The Morgan fingerprint density at radius 3 is 2.61 bits per heavy atom. The van der Waals surface area contributed by atoms with E-state index < -0.39 is 0 Å². The maximum absolute atomic E-state index is 13.8. The van der Waals surface area contributed by atoms with Crippen molar-refractivity contribution in [1.82, 2.24) is 9.47 Å². The molecule has 4 aromatic rings. The molecule has 8 heteroatoms. The lowest BCUT2D eigenvalue weighted by Gasteiger charge is -2.27. The second-order valence-electron chi connectivity index (χ2n) is 12.6. The number of hydrogen-bond donors (Lipinski definition) is 0. The van der Waals surface area contributed by atoms with Gasteiger partial charge in [-0.3, -0.25) is 4.79 Å². The van der Waals surface area contributed by atoms with Gasteiger partial charge in [0.15, 0.2) is 0 Å². The number of ether oxygens (including phenoxy) is 3. The summed E-state index contributed by atoms with van der Waals surface area (Å²) in [6.45, 7) is 5.42. The number of methoxy groups -OCH3 is 1. The molecule has 1 saturated carbocycles. The van der Waals surface area contributed by atoms with Crippen LogP contribution in [0.3, 0.4) is 0 Å². The molecule has 1 amide bonds. The van der Waals surface area contributed by atoms with E-state index in [0.717, 1.165) is 64.1 Å². The van der Waals surface area contributed by atoms with Crippen molar-refractivity contribution in [3.8, 4) is 17.0 Å². The number of fused-ring (bicyclic) bond motifs is 5. The number of thiophene rings is 1. The largest absolute Gasteiger partial charge is 0.497 e. The van der Waals surface area contributed by atoms with Gasteiger partial charge in [0.1, 0.15) is 5.75 Å². The highest BCUT2D eigenvalue weighted by molar-refractivity contribution is 7.12. The summed E-state index contributed by atoms with van der Waals surface area (Å²) < 4.78 is 19.3. The van der Waals surface area contributed by atoms with Crippen LogP contribution < -0.4 is 4.74 Å². The summed E-state index contributed by atoms with van der Waals surface area (Å²) in [4.78, 5) is 29.7. The summed E-state index contributed by atoms with van der Waals surface area (Å²) in [6, 6.07) is 14.5. The van der Waals surface area contributed by atoms with Crippen LogP contribution in [0.15, 0.2) is 47.8 Å². The first kappa shape index (κ1) is 30.8. The number of esters is 1. The minimum Gasteiger partial charge on any atom is -0.497 e. The zero-order valence-corrected chi connectivity index (χ0v) is 27.6. The molecule has 7 nitrogen and oxygen atoms in total. The smallest absolute Gasteiger partial charge is 0.338 e. The predicted octanol–water partition coefficient (Wildman–Crippen LogP) is 8.41. The lowest BCUT2D eigenvalue weighted by molar-refractivity contribution is 0.0306. The van der Waals surface area contributed by atoms with E-state index in [0.29, 0.717) is 50.9 Å². The average Bonchev–Trinajstić information content (AvgIpc) is 3.67. The monoisotopic (exact) mass is 638 g/mol. The fraction of sp³-hybridized carbons (Fsp3) is 0.421. The van der Waals surface area contributed by atoms with Gasteiger partial charge in [0.2, 0.25) is 0 Å². The first-order valence-corrected chi connectivity index (χ1v) is 17.6. The Morgan fingerprint density at radius 1 is 1.00 bits per heavy atom. The van der Waals surface area contributed by atoms with Crippen molar-refractivity contribution >= 4 is 45.8 Å². The van der Waals surface area contributed by atoms with Crippen molar-refractivity contribution in [3.63, 3.8) is 0 Å². The SMILES string of the molecule is CCCCOC(=O)c1ccc2c(C3CCCCC3)c3n(c2c1)CC(c1ccsc1C(=O)N1CCOCC1)=Cc1cc(OC)ccc1-3. The number of carbonyl (C=O) groups is 2. The van der Waals surface area contributed by atoms with Gasteiger partial charge in [-0.1, -0.05) is 38.7 Å². The van der Waals surface area contributed by atoms with Crippen LogP contribution in [0.25, 0.3) is 33.8 Å². The molecule has 46 heavy (non-hydrogen) atoms. The number of amides is 1. The molecule has 2 fully saturated rings. The third-order valence-electron chi connectivity index (χ3n) is 9.76. The highest BCUT2D eigenvalue weighted by Crippen LogP contribution is 2.48. The fourth-order valence-corrected chi connectivity index (χ4v) is 8.26. The van der Waals surface area contributed by atoms with E-state index in [1.165, 1.54) is 47.2 Å². The molecule has 1 aliphatic carbocycles. The van der Waals surface area contributed by atoms with Crippen molar-refractivity contribution in [1.29, 1.82) is 0 Å². The van der Waals surface area contributed by atoms with Crippen LogP contribution in [0, 0.1) is 0 Å². The summed E-state index contributed by atoms with van der Waals surface area (Å²) in [5, 5.41) is 3.22. The van der Waals surface area contributed by atoms with Gasteiger partial charge in [0.05, 0.1) is 43.1 Å². The Hall–Kier alpha value is -3.88. The van der Waals surface area contributed by atoms with Crippen LogP contribution in [-0.4, -0.2) is 61.4 Å². The zero-order chi connectivity index (χ0) is 31.6. The molecule has 4 heterocycles. The predicted molar refractivity (Wildman–Crippen MR) is 184 cm³/mol. The van der Waals surface area contributed by atoms with E-state index in [1.54, 1.807) is 7.11 Å². The Labute approximate surface area is 274 Å². The number of rotatable bonds is 8. The van der Waals surface area contributed by atoms with Crippen LogP contribution >= 0.6 is 11.3 Å². The maximum Gasteiger partial charge on any atom is 0.338 e. The minimum absolute atomic E-state index is 0.0573. The van der Waals surface area contributed by atoms with Gasteiger partial charge in [0, 0.05) is 41.7 Å². The van der Waals surface area contributed by atoms with Gasteiger partial charge < -0.3 is 23.7 Å². The molecule has 3 aliphatic rings. The van der Waals surface area contributed by atoms with Crippen molar-refractivity contribution in [3.05, 3.63) is 75.0 Å². The molecule has 0 N–H and O–H groups in total. The van der Waals surface area contributed by atoms with Gasteiger partial charge in [-0.15, -0.1) is 11.3 Å². The molecule has 0 bridgehead atoms. The number of unbranched alkanes of at least 4 members (excludes halogenated alkanes) is 1. The van der Waals surface area contributed by atoms with Gasteiger partial charge in [-0.05, 0) is 89.7 Å². The van der Waals surface area contributed by atoms with Crippen LogP contribution in [-0.2, 0) is 16.0 Å². The quantitative estimate of drug-likeness (QED) is 0.143. The Morgan fingerprint density at radius 2 is 1.83 bits per heavy atom. The van der Waals surface area contributed by atoms with E-state index in [1.807, 2.05) is 28.5 Å². The van der Waals surface area contributed by atoms with Crippen molar-refractivity contribution in [2.75, 3.05) is 40.0 Å². The Balaban J connectivity index is 1.41. The fourth-order valence-electron chi connectivity index (χ4n) is 7.36. The van der Waals surface area contributed by atoms with Crippen LogP contribution in [0.4, 0.5) is 0 Å². The first-order chi connectivity index (χ1) is 22.6. The summed E-state index contributed by atoms with van der Waals surface area (Å²) in [7, 11) is 1.70. The van der Waals surface area contributed by atoms with Crippen LogP contribution in [0.5, 0.6) is 5.75 Å². The highest BCUT2D eigenvalue weighted by Gasteiger charge is 2.31. The second kappa shape index (κ2) is 13.5. The number of allylic oxidation sites excluding steroid dienone is 1. The average molecular weight is 639 g/mol. The number of aromatic nitrogens is 1. The molecular weight excluding hydrogens is 596 g/mol. The van der Waals surface area contributed by atoms with Gasteiger partial charge in [0.25, 0.3) is 5.91 Å². The van der Waals surface area contributed by atoms with E-state index in [2.05, 4.69) is 41.8 Å². The van der Waals surface area contributed by atoms with Gasteiger partial charge >= 0.3 is 5.97 Å². The summed E-state index contributed by atoms with van der Waals surface area (Å²) >= 11 is 1.50. The zero-order valence-electron chi connectivity index (χ0n) is 26.8. The number of carbonyl (C=O) groups excluding carboxylic acids is 2. The Kier molecular flexibility index (Phi) is 9.00. The molecule has 0 atom stereocenters. The standard InChI is InChI=1S/C38H42N2O5S/c1-3-4-17-45-38(42)26-10-12-32-33(23-26)40-24-28(31-14-20-46-36(31)37(41)39-15-18-44-19-16-39)21-27-22-29(43-2)11-13-30(27)35(40)34(32)25-8-6-5-7-9-25/h10-14,20-23,25H,3-9,15-19,24H2,1-2H3. The lowest BCUT2D eigenvalue weighted by atomic mass is 9.81. The molecule has 0 radical (unpaired) electrons. The molecule has 2 aromatic heterocycles. The van der Waals surface area contributed by atoms with Crippen LogP contribution in [0.2, 0.25) is 0 Å². The second-order valence-corrected chi connectivity index (χ2v) is 13.5. The van der Waals surface area contributed by atoms with E-state index in [4.69, 9.17) is 14.2 Å². The molecule has 2 aromatic carbocycles. The lowest BCUT2D eigenvalue weighted by Crippen LogP contribution is -2.40. The Bertz CT molecular complexity index is 1790. The number of morpholine rings is 1. The number of hydrogen-bond acceptors (Lipinski definition) is 6. The third-order valence-corrected chi connectivity index (χ3v) is 10.7. The van der Waals surface area contributed by atoms with Crippen LogP contribution in [0.1, 0.15) is 94.5 Å². The first-order valence-electron chi connectivity index (χ1n) is 16.7. The molecule has 240 valence electrons. The van der Waals surface area contributed by atoms with E-state index in [-0.39, 0.29) is 11.9 Å². The maximum atomic E-state index is 13.8. The molecule has 0 unspecified atom stereocenters. The minimum atomic E-state index is -0.282. The molecule has 0 spiro atoms. The molecule has 1 saturated heterocycles. The van der Waals surface area contributed by atoms with Crippen molar-refractivity contribution < 1.29 is 23.8 Å². The molecular formula is C38H42N2O5S. The molecule has 2 aliphatic heterocycles. The summed E-state index contributed by atoms with van der Waals surface area (Å²) in [5.41, 5.74) is 8.43. The van der Waals surface area contributed by atoms with Gasteiger partial charge in [-0.25, -0.2) is 4.79 Å². The summed E-state index contributed by atoms with van der Waals surface area (Å²) in [5.74, 6) is 1.01. The number of benzene rings is 2. The summed E-state index contributed by atoms with van der Waals surface area (Å²) in [6.07, 6.45) is 10.1. The van der Waals surface area contributed by atoms with Crippen molar-refractivity contribution in [2.24, 2.45) is 0 Å². The van der Waals surface area contributed by atoms with Gasteiger partial charge in [-0.2, -0.15) is 0 Å². The normalized spacial score (nSPS) is 16.8. The topological polar surface area (TPSA) is 70.0 Å². The molecule has 7 rings (SSSR count).